The molecule has 1 rings (SSSR count). The van der Waals surface area contributed by atoms with Gasteiger partial charge in [-0.2, -0.15) is 0 Å². The van der Waals surface area contributed by atoms with Crippen LogP contribution in [-0.4, -0.2) is 11.1 Å². The summed E-state index contributed by atoms with van der Waals surface area (Å²) in [6.07, 6.45) is 2.24. The third-order valence-electron chi connectivity index (χ3n) is 1.32. The molecule has 0 radical (unpaired) electrons. The standard InChI is InChI=1S/C7H9N3O2/c8-6-3-10-2-1-5(6)4-12-7(9)11/h1-3H,4,8H2,(H2,9,11). The summed E-state index contributed by atoms with van der Waals surface area (Å²) in [5, 5.41) is 0. The second kappa shape index (κ2) is 3.56. The second-order valence-electron chi connectivity index (χ2n) is 2.18. The fourth-order valence-electron chi connectivity index (χ4n) is 0.716. The first-order valence-electron chi connectivity index (χ1n) is 3.30. The zero-order valence-electron chi connectivity index (χ0n) is 6.36. The van der Waals surface area contributed by atoms with E-state index in [9.17, 15) is 4.79 Å². The molecule has 0 fully saturated rings. The van der Waals surface area contributed by atoms with Crippen molar-refractivity contribution in [1.29, 1.82) is 0 Å². The van der Waals surface area contributed by atoms with E-state index in [4.69, 9.17) is 11.5 Å². The van der Waals surface area contributed by atoms with Crippen molar-refractivity contribution in [3.05, 3.63) is 24.0 Å². The van der Waals surface area contributed by atoms with Gasteiger partial charge in [0.2, 0.25) is 0 Å². The number of carbonyl (C=O) groups excluding carboxylic acids is 1. The number of carbonyl (C=O) groups is 1. The first-order valence-corrected chi connectivity index (χ1v) is 3.30. The highest BCUT2D eigenvalue weighted by atomic mass is 16.5. The zero-order valence-corrected chi connectivity index (χ0v) is 6.36. The Morgan fingerprint density at radius 3 is 3.00 bits per heavy atom. The van der Waals surface area contributed by atoms with Crippen molar-refractivity contribution in [3.8, 4) is 0 Å². The number of hydrogen-bond acceptors (Lipinski definition) is 4. The number of pyridine rings is 1. The predicted octanol–water partition coefficient (Wildman–Crippen LogP) is 0.259. The Hall–Kier alpha value is -1.78. The van der Waals surface area contributed by atoms with Gasteiger partial charge in [-0.25, -0.2) is 4.79 Å². The van der Waals surface area contributed by atoms with Crippen LogP contribution in [0.5, 0.6) is 0 Å². The topological polar surface area (TPSA) is 91.2 Å². The van der Waals surface area contributed by atoms with Gasteiger partial charge in [0.25, 0.3) is 0 Å². The van der Waals surface area contributed by atoms with E-state index in [1.165, 1.54) is 6.20 Å². The minimum absolute atomic E-state index is 0.0870. The lowest BCUT2D eigenvalue weighted by molar-refractivity contribution is 0.150. The average Bonchev–Trinajstić information content (AvgIpc) is 2.03. The molecule has 64 valence electrons. The Bertz CT molecular complexity index is 288. The minimum atomic E-state index is -0.814. The van der Waals surface area contributed by atoms with Crippen LogP contribution in [0.1, 0.15) is 5.56 Å². The maximum absolute atomic E-state index is 10.2. The second-order valence-corrected chi connectivity index (χ2v) is 2.18. The summed E-state index contributed by atoms with van der Waals surface area (Å²) >= 11 is 0. The lowest BCUT2D eigenvalue weighted by Crippen LogP contribution is -2.13. The Kier molecular flexibility index (Phi) is 2.47. The molecule has 1 heterocycles. The van der Waals surface area contributed by atoms with Gasteiger partial charge in [0.1, 0.15) is 6.61 Å². The largest absolute Gasteiger partial charge is 0.445 e. The lowest BCUT2D eigenvalue weighted by Gasteiger charge is -2.03. The van der Waals surface area contributed by atoms with E-state index in [0.717, 1.165) is 0 Å². The highest BCUT2D eigenvalue weighted by Crippen LogP contribution is 2.09. The van der Waals surface area contributed by atoms with E-state index in [1.807, 2.05) is 0 Å². The van der Waals surface area contributed by atoms with Crippen LogP contribution in [-0.2, 0) is 11.3 Å². The Morgan fingerprint density at radius 1 is 1.67 bits per heavy atom. The molecule has 0 aliphatic carbocycles. The van der Waals surface area contributed by atoms with Crippen molar-refractivity contribution in [2.45, 2.75) is 6.61 Å². The number of aromatic nitrogens is 1. The summed E-state index contributed by atoms with van der Waals surface area (Å²) in [6.45, 7) is 0.0870. The molecule has 5 heteroatoms. The van der Waals surface area contributed by atoms with Gasteiger partial charge in [-0.1, -0.05) is 0 Å². The van der Waals surface area contributed by atoms with Crippen LogP contribution < -0.4 is 11.5 Å². The molecular weight excluding hydrogens is 158 g/mol. The van der Waals surface area contributed by atoms with Crippen LogP contribution in [0.15, 0.2) is 18.5 Å². The van der Waals surface area contributed by atoms with E-state index in [-0.39, 0.29) is 6.61 Å². The van der Waals surface area contributed by atoms with Crippen LogP contribution in [0.2, 0.25) is 0 Å². The molecular formula is C7H9N3O2. The Balaban J connectivity index is 2.63. The van der Waals surface area contributed by atoms with E-state index in [0.29, 0.717) is 11.3 Å². The van der Waals surface area contributed by atoms with Gasteiger partial charge in [-0.3, -0.25) is 4.98 Å². The van der Waals surface area contributed by atoms with Gasteiger partial charge >= 0.3 is 6.09 Å². The number of amides is 1. The van der Waals surface area contributed by atoms with Crippen LogP contribution in [0, 0.1) is 0 Å². The molecule has 0 atom stereocenters. The number of nitrogen functional groups attached to an aromatic ring is 1. The first kappa shape index (κ1) is 8.32. The van der Waals surface area contributed by atoms with Crippen molar-refractivity contribution < 1.29 is 9.53 Å². The summed E-state index contributed by atoms with van der Waals surface area (Å²) in [5.74, 6) is 0. The minimum Gasteiger partial charge on any atom is -0.445 e. The SMILES string of the molecule is NC(=O)OCc1ccncc1N. The number of nitrogens with two attached hydrogens (primary N) is 2. The third kappa shape index (κ3) is 2.12. The molecule has 0 aromatic carbocycles. The summed E-state index contributed by atoms with van der Waals surface area (Å²) in [4.78, 5) is 14.0. The Morgan fingerprint density at radius 2 is 2.42 bits per heavy atom. The molecule has 0 bridgehead atoms. The van der Waals surface area contributed by atoms with E-state index >= 15 is 0 Å². The smallest absolute Gasteiger partial charge is 0.404 e. The molecule has 0 aliphatic heterocycles. The van der Waals surface area contributed by atoms with Crippen LogP contribution in [0.25, 0.3) is 0 Å². The van der Waals surface area contributed by atoms with Gasteiger partial charge in [0.05, 0.1) is 11.9 Å². The fourth-order valence-corrected chi connectivity index (χ4v) is 0.716. The first-order chi connectivity index (χ1) is 5.70. The van der Waals surface area contributed by atoms with Gasteiger partial charge in [0.15, 0.2) is 0 Å². The number of anilines is 1. The monoisotopic (exact) mass is 167 g/mol. The van der Waals surface area contributed by atoms with Crippen molar-refractivity contribution in [2.75, 3.05) is 5.73 Å². The van der Waals surface area contributed by atoms with Crippen LogP contribution >= 0.6 is 0 Å². The van der Waals surface area contributed by atoms with Crippen molar-refractivity contribution >= 4 is 11.8 Å². The van der Waals surface area contributed by atoms with Gasteiger partial charge in [0, 0.05) is 11.8 Å². The molecule has 0 aliphatic rings. The summed E-state index contributed by atoms with van der Waals surface area (Å²) in [5.41, 5.74) is 11.5. The normalized spacial score (nSPS) is 9.33. The predicted molar refractivity (Wildman–Crippen MR) is 43.0 cm³/mol. The number of primary amides is 1. The number of hydrogen-bond donors (Lipinski definition) is 2. The van der Waals surface area contributed by atoms with Crippen LogP contribution in [0.4, 0.5) is 10.5 Å². The van der Waals surface area contributed by atoms with Gasteiger partial charge in [-0.05, 0) is 6.07 Å². The molecule has 0 unspecified atom stereocenters. The highest BCUT2D eigenvalue weighted by molar-refractivity contribution is 5.64. The number of rotatable bonds is 2. The van der Waals surface area contributed by atoms with Crippen molar-refractivity contribution in [2.24, 2.45) is 5.73 Å². The molecule has 5 nitrogen and oxygen atoms in total. The fraction of sp³-hybridized carbons (Fsp3) is 0.143. The maximum atomic E-state index is 10.2. The molecule has 1 amide bonds. The number of nitrogens with zero attached hydrogens (tertiary/aromatic N) is 1. The van der Waals surface area contributed by atoms with Gasteiger partial charge in [-0.15, -0.1) is 0 Å². The molecule has 12 heavy (non-hydrogen) atoms. The summed E-state index contributed by atoms with van der Waals surface area (Å²) in [6, 6.07) is 1.66. The van der Waals surface area contributed by atoms with E-state index in [2.05, 4.69) is 9.72 Å². The van der Waals surface area contributed by atoms with E-state index in [1.54, 1.807) is 12.3 Å². The number of ether oxygens (including phenoxy) is 1. The van der Waals surface area contributed by atoms with Gasteiger partial charge < -0.3 is 16.2 Å². The average molecular weight is 167 g/mol. The highest BCUT2D eigenvalue weighted by Gasteiger charge is 1.99. The lowest BCUT2D eigenvalue weighted by atomic mass is 10.2. The Labute approximate surface area is 69.3 Å². The molecule has 4 N–H and O–H groups in total. The quantitative estimate of drug-likeness (QED) is 0.660. The van der Waals surface area contributed by atoms with Crippen molar-refractivity contribution in [1.82, 2.24) is 4.98 Å². The zero-order chi connectivity index (χ0) is 8.97. The summed E-state index contributed by atoms with van der Waals surface area (Å²) in [7, 11) is 0. The molecule has 0 saturated heterocycles. The molecule has 1 aromatic heterocycles. The molecule has 0 spiro atoms. The molecule has 1 aromatic rings. The van der Waals surface area contributed by atoms with E-state index < -0.39 is 6.09 Å². The molecule has 0 saturated carbocycles. The summed E-state index contributed by atoms with van der Waals surface area (Å²) < 4.78 is 4.54. The third-order valence-corrected chi connectivity index (χ3v) is 1.32. The van der Waals surface area contributed by atoms with Crippen LogP contribution in [0.3, 0.4) is 0 Å². The maximum Gasteiger partial charge on any atom is 0.404 e. The van der Waals surface area contributed by atoms with Crippen molar-refractivity contribution in [3.63, 3.8) is 0 Å².